The summed E-state index contributed by atoms with van der Waals surface area (Å²) in [6.45, 7) is 1.86. The van der Waals surface area contributed by atoms with Gasteiger partial charge in [-0.3, -0.25) is 14.9 Å². The van der Waals surface area contributed by atoms with Crippen LogP contribution in [0.3, 0.4) is 0 Å². The van der Waals surface area contributed by atoms with Gasteiger partial charge in [0.15, 0.2) is 5.76 Å². The minimum absolute atomic E-state index is 0.0589. The van der Waals surface area contributed by atoms with E-state index in [0.29, 0.717) is 5.13 Å². The Kier molecular flexibility index (Phi) is 5.40. The molecule has 0 fully saturated rings. The molecule has 0 spiro atoms. The smallest absolute Gasteiger partial charge is 0.287 e. The Morgan fingerprint density at radius 3 is 2.88 bits per heavy atom. The van der Waals surface area contributed by atoms with Gasteiger partial charge in [0.1, 0.15) is 5.01 Å². The number of carbonyl (C=O) groups is 2. The third-order valence-corrected chi connectivity index (χ3v) is 4.27. The minimum Gasteiger partial charge on any atom is -0.459 e. The van der Waals surface area contributed by atoms with E-state index in [-0.39, 0.29) is 41.0 Å². The van der Waals surface area contributed by atoms with Crippen LogP contribution in [-0.4, -0.2) is 38.0 Å². The zero-order valence-electron chi connectivity index (χ0n) is 12.9. The van der Waals surface area contributed by atoms with E-state index in [1.165, 1.54) is 17.6 Å². The maximum absolute atomic E-state index is 11.8. The number of hydrogen-bond donors (Lipinski definition) is 2. The zero-order valence-corrected chi connectivity index (χ0v) is 14.5. The summed E-state index contributed by atoms with van der Waals surface area (Å²) in [6, 6.07) is 3.16. The van der Waals surface area contributed by atoms with Gasteiger partial charge in [0.25, 0.3) is 11.1 Å². The van der Waals surface area contributed by atoms with Crippen LogP contribution in [0.5, 0.6) is 0 Å². The van der Waals surface area contributed by atoms with Crippen molar-refractivity contribution in [3.8, 4) is 0 Å². The van der Waals surface area contributed by atoms with E-state index in [9.17, 15) is 9.59 Å². The Labute approximate surface area is 149 Å². The molecular formula is C13H12N6O4S2. The van der Waals surface area contributed by atoms with Crippen molar-refractivity contribution in [1.82, 2.24) is 25.7 Å². The molecule has 2 amide bonds. The molecule has 3 rings (SSSR count). The Bertz CT molecular complexity index is 860. The second kappa shape index (κ2) is 7.90. The molecule has 3 heterocycles. The van der Waals surface area contributed by atoms with Crippen LogP contribution in [-0.2, 0) is 11.3 Å². The number of hydrogen-bond acceptors (Lipinski definition) is 10. The van der Waals surface area contributed by atoms with Gasteiger partial charge in [-0.2, -0.15) is 0 Å². The van der Waals surface area contributed by atoms with Gasteiger partial charge in [0.05, 0.1) is 18.6 Å². The molecule has 0 saturated carbocycles. The highest BCUT2D eigenvalue weighted by Crippen LogP contribution is 2.18. The van der Waals surface area contributed by atoms with E-state index in [1.807, 2.05) is 0 Å². The average molecular weight is 380 g/mol. The van der Waals surface area contributed by atoms with Gasteiger partial charge in [-0.25, -0.2) is 0 Å². The van der Waals surface area contributed by atoms with E-state index in [1.54, 1.807) is 19.1 Å². The van der Waals surface area contributed by atoms with Gasteiger partial charge in [-0.05, 0) is 19.1 Å². The summed E-state index contributed by atoms with van der Waals surface area (Å²) in [7, 11) is 0. The Balaban J connectivity index is 1.43. The number of aryl methyl sites for hydroxylation is 1. The second-order valence-corrected chi connectivity index (χ2v) is 6.69. The van der Waals surface area contributed by atoms with Crippen molar-refractivity contribution >= 4 is 40.0 Å². The molecule has 0 aliphatic carbocycles. The van der Waals surface area contributed by atoms with Crippen LogP contribution in [0.25, 0.3) is 0 Å². The quantitative estimate of drug-likeness (QED) is 0.584. The first-order valence-electron chi connectivity index (χ1n) is 6.97. The predicted octanol–water partition coefficient (Wildman–Crippen LogP) is 1.48. The van der Waals surface area contributed by atoms with E-state index < -0.39 is 0 Å². The number of nitrogens with zero attached hydrogens (tertiary/aromatic N) is 4. The number of carbonyl (C=O) groups excluding carboxylic acids is 2. The zero-order chi connectivity index (χ0) is 17.6. The molecule has 0 aliphatic rings. The molecule has 0 radical (unpaired) electrons. The summed E-state index contributed by atoms with van der Waals surface area (Å²) in [4.78, 5) is 23.5. The van der Waals surface area contributed by atoms with Crippen molar-refractivity contribution < 1.29 is 18.4 Å². The molecule has 0 aliphatic heterocycles. The molecule has 0 saturated heterocycles. The summed E-state index contributed by atoms with van der Waals surface area (Å²) >= 11 is 2.37. The maximum Gasteiger partial charge on any atom is 0.287 e. The molecule has 3 aromatic heterocycles. The molecule has 10 nitrogen and oxygen atoms in total. The first kappa shape index (κ1) is 17.1. The van der Waals surface area contributed by atoms with Crippen molar-refractivity contribution in [2.45, 2.75) is 18.7 Å². The van der Waals surface area contributed by atoms with Crippen molar-refractivity contribution in [2.24, 2.45) is 0 Å². The normalized spacial score (nSPS) is 10.6. The van der Waals surface area contributed by atoms with Gasteiger partial charge < -0.3 is 14.2 Å². The average Bonchev–Trinajstić information content (AvgIpc) is 3.33. The number of aromatic nitrogens is 4. The number of furan rings is 1. The lowest BCUT2D eigenvalue weighted by Crippen LogP contribution is -2.22. The highest BCUT2D eigenvalue weighted by Gasteiger charge is 2.13. The van der Waals surface area contributed by atoms with Crippen LogP contribution in [0.4, 0.5) is 5.13 Å². The molecule has 25 heavy (non-hydrogen) atoms. The molecule has 0 atom stereocenters. The summed E-state index contributed by atoms with van der Waals surface area (Å²) in [5, 5.41) is 21.9. The molecule has 2 N–H and O–H groups in total. The first-order valence-corrected chi connectivity index (χ1v) is 8.77. The molecule has 130 valence electrons. The van der Waals surface area contributed by atoms with E-state index >= 15 is 0 Å². The Morgan fingerprint density at radius 2 is 2.16 bits per heavy atom. The molecule has 0 bridgehead atoms. The van der Waals surface area contributed by atoms with E-state index in [4.69, 9.17) is 8.83 Å². The van der Waals surface area contributed by atoms with Crippen LogP contribution in [0, 0.1) is 6.92 Å². The SMILES string of the molecule is Cc1nnc(NC(=O)CSc2nnc(CNC(=O)c3ccco3)o2)s1. The highest BCUT2D eigenvalue weighted by atomic mass is 32.2. The number of nitrogens with one attached hydrogen (secondary N) is 2. The summed E-state index contributed by atoms with van der Waals surface area (Å²) in [5.41, 5.74) is 0. The standard InChI is InChI=1S/C13H12N6O4S2/c1-7-16-18-12(25-7)15-9(20)6-24-13-19-17-10(23-13)5-14-11(21)8-3-2-4-22-8/h2-4H,5-6H2,1H3,(H,14,21)(H,15,18,20). The number of anilines is 1. The van der Waals surface area contributed by atoms with Crippen molar-refractivity contribution in [2.75, 3.05) is 11.1 Å². The second-order valence-electron chi connectivity index (χ2n) is 4.58. The number of amides is 2. The summed E-state index contributed by atoms with van der Waals surface area (Å²) < 4.78 is 10.3. The maximum atomic E-state index is 11.8. The third kappa shape index (κ3) is 4.87. The van der Waals surface area contributed by atoms with Crippen LogP contribution in [0.1, 0.15) is 21.5 Å². The van der Waals surface area contributed by atoms with E-state index in [0.717, 1.165) is 16.8 Å². The molecular weight excluding hydrogens is 368 g/mol. The summed E-state index contributed by atoms with van der Waals surface area (Å²) in [6.07, 6.45) is 1.41. The predicted molar refractivity (Wildman–Crippen MR) is 88.2 cm³/mol. The Hall–Kier alpha value is -2.73. The number of rotatable bonds is 7. The lowest BCUT2D eigenvalue weighted by atomic mass is 10.4. The topological polar surface area (TPSA) is 136 Å². The van der Waals surface area contributed by atoms with Crippen LogP contribution in [0.15, 0.2) is 32.5 Å². The lowest BCUT2D eigenvalue weighted by molar-refractivity contribution is -0.113. The van der Waals surface area contributed by atoms with Crippen LogP contribution in [0.2, 0.25) is 0 Å². The van der Waals surface area contributed by atoms with Crippen LogP contribution >= 0.6 is 23.1 Å². The Morgan fingerprint density at radius 1 is 1.28 bits per heavy atom. The van der Waals surface area contributed by atoms with Gasteiger partial charge in [0, 0.05) is 0 Å². The molecule has 12 heteroatoms. The van der Waals surface area contributed by atoms with Crippen molar-refractivity contribution in [3.63, 3.8) is 0 Å². The molecule has 0 aromatic carbocycles. The van der Waals surface area contributed by atoms with E-state index in [2.05, 4.69) is 31.0 Å². The van der Waals surface area contributed by atoms with Gasteiger partial charge in [0.2, 0.25) is 16.9 Å². The lowest BCUT2D eigenvalue weighted by Gasteiger charge is -1.99. The fourth-order valence-electron chi connectivity index (χ4n) is 1.65. The first-order chi connectivity index (χ1) is 12.1. The van der Waals surface area contributed by atoms with Gasteiger partial charge in [-0.1, -0.05) is 23.1 Å². The third-order valence-electron chi connectivity index (χ3n) is 2.69. The molecule has 0 unspecified atom stereocenters. The minimum atomic E-state index is -0.385. The fourth-order valence-corrected chi connectivity index (χ4v) is 2.84. The van der Waals surface area contributed by atoms with Crippen molar-refractivity contribution in [3.05, 3.63) is 35.1 Å². The number of thioether (sulfide) groups is 1. The largest absolute Gasteiger partial charge is 0.459 e. The van der Waals surface area contributed by atoms with Gasteiger partial charge in [-0.15, -0.1) is 20.4 Å². The van der Waals surface area contributed by atoms with Gasteiger partial charge >= 0.3 is 0 Å². The summed E-state index contributed by atoms with van der Waals surface area (Å²) in [5.74, 6) is -0.143. The fraction of sp³-hybridized carbons (Fsp3) is 0.231. The highest BCUT2D eigenvalue weighted by molar-refractivity contribution is 7.99. The van der Waals surface area contributed by atoms with Crippen LogP contribution < -0.4 is 10.6 Å². The van der Waals surface area contributed by atoms with Crippen molar-refractivity contribution in [1.29, 1.82) is 0 Å². The monoisotopic (exact) mass is 380 g/mol. The molecule has 3 aromatic rings.